The van der Waals surface area contributed by atoms with Crippen LogP contribution in [-0.4, -0.2) is 34.6 Å². The molecule has 0 aliphatic carbocycles. The van der Waals surface area contributed by atoms with Crippen LogP contribution < -0.4 is 0 Å². The number of Topliss-reactive ketones (excluding diaryl/α,β-unsaturated/α-hetero) is 1. The minimum Gasteiger partial charge on any atom is -0.292 e. The highest BCUT2D eigenvalue weighted by molar-refractivity contribution is 9.09. The van der Waals surface area contributed by atoms with Gasteiger partial charge in [-0.1, -0.05) is 46.3 Å². The molecule has 3 heteroatoms. The highest BCUT2D eigenvalue weighted by Gasteiger charge is 2.28. The van der Waals surface area contributed by atoms with Gasteiger partial charge in [0.15, 0.2) is 5.78 Å². The van der Waals surface area contributed by atoms with Gasteiger partial charge in [0.25, 0.3) is 0 Å². The first-order chi connectivity index (χ1) is 7.68. The van der Waals surface area contributed by atoms with Crippen LogP contribution in [0.25, 0.3) is 0 Å². The summed E-state index contributed by atoms with van der Waals surface area (Å²) in [5.74, 6) is 0.224. The van der Waals surface area contributed by atoms with Crippen LogP contribution in [0.15, 0.2) is 30.3 Å². The highest BCUT2D eigenvalue weighted by atomic mass is 79.9. The fourth-order valence-corrected chi connectivity index (χ4v) is 2.68. The minimum absolute atomic E-state index is 0.00931. The van der Waals surface area contributed by atoms with Gasteiger partial charge < -0.3 is 0 Å². The maximum absolute atomic E-state index is 12.2. The lowest BCUT2D eigenvalue weighted by Crippen LogP contribution is -2.37. The molecule has 0 spiro atoms. The predicted octanol–water partition coefficient (Wildman–Crippen LogP) is 2.73. The second-order valence-corrected chi connectivity index (χ2v) is 5.58. The molecule has 16 heavy (non-hydrogen) atoms. The van der Waals surface area contributed by atoms with Gasteiger partial charge in [0, 0.05) is 23.5 Å². The van der Waals surface area contributed by atoms with Gasteiger partial charge in [-0.2, -0.15) is 0 Å². The van der Waals surface area contributed by atoms with Crippen LogP contribution in [0.2, 0.25) is 0 Å². The zero-order chi connectivity index (χ0) is 11.5. The molecule has 0 saturated carbocycles. The summed E-state index contributed by atoms with van der Waals surface area (Å²) < 4.78 is 0. The van der Waals surface area contributed by atoms with Crippen molar-refractivity contribution < 1.29 is 4.79 Å². The number of carbonyl (C=O) groups excluding carboxylic acids is 1. The van der Waals surface area contributed by atoms with Crippen molar-refractivity contribution in [3.8, 4) is 0 Å². The topological polar surface area (TPSA) is 20.3 Å². The van der Waals surface area contributed by atoms with Gasteiger partial charge in [0.05, 0.1) is 6.04 Å². The maximum atomic E-state index is 12.2. The Labute approximate surface area is 105 Å². The summed E-state index contributed by atoms with van der Waals surface area (Å²) in [6.45, 7) is 3.98. The van der Waals surface area contributed by atoms with E-state index in [-0.39, 0.29) is 11.8 Å². The van der Waals surface area contributed by atoms with Crippen molar-refractivity contribution in [3.05, 3.63) is 35.9 Å². The molecule has 86 valence electrons. The molecule has 2 rings (SSSR count). The monoisotopic (exact) mass is 281 g/mol. The van der Waals surface area contributed by atoms with Gasteiger partial charge in [-0.25, -0.2) is 0 Å². The van der Waals surface area contributed by atoms with Crippen LogP contribution in [0.1, 0.15) is 23.7 Å². The number of likely N-dealkylation sites (tertiary alicyclic amines) is 1. The Balaban J connectivity index is 2.05. The Morgan fingerprint density at radius 3 is 2.69 bits per heavy atom. The lowest BCUT2D eigenvalue weighted by molar-refractivity contribution is 0.0867. The fourth-order valence-electron chi connectivity index (χ4n) is 2.10. The smallest absolute Gasteiger partial charge is 0.179 e. The van der Waals surface area contributed by atoms with Crippen molar-refractivity contribution >= 4 is 21.7 Å². The Morgan fingerprint density at radius 2 is 2.12 bits per heavy atom. The third kappa shape index (κ3) is 2.53. The quantitative estimate of drug-likeness (QED) is 0.627. The first kappa shape index (κ1) is 11.8. The summed E-state index contributed by atoms with van der Waals surface area (Å²) in [6.07, 6.45) is 1.13. The van der Waals surface area contributed by atoms with Crippen molar-refractivity contribution in [1.29, 1.82) is 0 Å². The molecule has 0 N–H and O–H groups in total. The van der Waals surface area contributed by atoms with Gasteiger partial charge in [0.1, 0.15) is 0 Å². The molecule has 1 aromatic carbocycles. The van der Waals surface area contributed by atoms with E-state index in [4.69, 9.17) is 0 Å². The van der Waals surface area contributed by atoms with Crippen molar-refractivity contribution in [3.63, 3.8) is 0 Å². The van der Waals surface area contributed by atoms with E-state index < -0.39 is 0 Å². The number of ketones is 1. The standard InChI is InChI=1S/C13H16BrNO/c1-10(15-8-7-12(14)9-15)13(16)11-5-3-2-4-6-11/h2-6,10,12H,7-9H2,1H3. The van der Waals surface area contributed by atoms with E-state index >= 15 is 0 Å². The molecular weight excluding hydrogens is 266 g/mol. The molecule has 2 atom stereocenters. The zero-order valence-electron chi connectivity index (χ0n) is 9.40. The minimum atomic E-state index is -0.00931. The third-order valence-corrected chi connectivity index (χ3v) is 3.90. The summed E-state index contributed by atoms with van der Waals surface area (Å²) in [4.78, 5) is 15.0. The van der Waals surface area contributed by atoms with Crippen LogP contribution >= 0.6 is 15.9 Å². The molecule has 0 aromatic heterocycles. The molecule has 1 aliphatic rings. The average Bonchev–Trinajstić information content (AvgIpc) is 2.75. The number of nitrogens with zero attached hydrogens (tertiary/aromatic N) is 1. The molecule has 0 amide bonds. The Kier molecular flexibility index (Phi) is 3.77. The molecular formula is C13H16BrNO. The molecule has 1 aromatic rings. The zero-order valence-corrected chi connectivity index (χ0v) is 11.0. The van der Waals surface area contributed by atoms with Crippen LogP contribution in [0.4, 0.5) is 0 Å². The van der Waals surface area contributed by atoms with Gasteiger partial charge in [-0.3, -0.25) is 9.69 Å². The van der Waals surface area contributed by atoms with Crippen molar-refractivity contribution in [2.75, 3.05) is 13.1 Å². The third-order valence-electron chi connectivity index (χ3n) is 3.15. The van der Waals surface area contributed by atoms with E-state index in [9.17, 15) is 4.79 Å². The van der Waals surface area contributed by atoms with E-state index in [0.717, 1.165) is 25.1 Å². The number of carbonyl (C=O) groups is 1. The average molecular weight is 282 g/mol. The van der Waals surface area contributed by atoms with E-state index in [1.807, 2.05) is 37.3 Å². The fraction of sp³-hybridized carbons (Fsp3) is 0.462. The van der Waals surface area contributed by atoms with E-state index in [0.29, 0.717) is 4.83 Å². The summed E-state index contributed by atoms with van der Waals surface area (Å²) in [5, 5.41) is 0. The summed E-state index contributed by atoms with van der Waals surface area (Å²) >= 11 is 3.60. The summed E-state index contributed by atoms with van der Waals surface area (Å²) in [7, 11) is 0. The molecule has 2 nitrogen and oxygen atoms in total. The molecule has 1 saturated heterocycles. The van der Waals surface area contributed by atoms with Crippen molar-refractivity contribution in [2.45, 2.75) is 24.2 Å². The van der Waals surface area contributed by atoms with Crippen molar-refractivity contribution in [2.24, 2.45) is 0 Å². The van der Waals surface area contributed by atoms with E-state index in [2.05, 4.69) is 20.8 Å². The van der Waals surface area contributed by atoms with Gasteiger partial charge in [-0.05, 0) is 13.3 Å². The molecule has 1 heterocycles. The normalized spacial score (nSPS) is 23.2. The number of benzene rings is 1. The number of hydrogen-bond acceptors (Lipinski definition) is 2. The second-order valence-electron chi connectivity index (χ2n) is 4.29. The first-order valence-electron chi connectivity index (χ1n) is 5.66. The molecule has 2 unspecified atom stereocenters. The Morgan fingerprint density at radius 1 is 1.44 bits per heavy atom. The SMILES string of the molecule is CC(C(=O)c1ccccc1)N1CCC(Br)C1. The summed E-state index contributed by atoms with van der Waals surface area (Å²) in [6, 6.07) is 9.53. The maximum Gasteiger partial charge on any atom is 0.179 e. The van der Waals surface area contributed by atoms with Gasteiger partial charge in [0.2, 0.25) is 0 Å². The van der Waals surface area contributed by atoms with Crippen molar-refractivity contribution in [1.82, 2.24) is 4.90 Å². The Bertz CT molecular complexity index is 365. The lowest BCUT2D eigenvalue weighted by Gasteiger charge is -2.22. The van der Waals surface area contributed by atoms with Crippen LogP contribution in [0.5, 0.6) is 0 Å². The molecule has 1 fully saturated rings. The van der Waals surface area contributed by atoms with Gasteiger partial charge in [-0.15, -0.1) is 0 Å². The molecule has 1 aliphatic heterocycles. The van der Waals surface area contributed by atoms with E-state index in [1.165, 1.54) is 0 Å². The lowest BCUT2D eigenvalue weighted by atomic mass is 10.0. The van der Waals surface area contributed by atoms with E-state index in [1.54, 1.807) is 0 Å². The molecule has 0 radical (unpaired) electrons. The van der Waals surface area contributed by atoms with Crippen LogP contribution in [0.3, 0.4) is 0 Å². The first-order valence-corrected chi connectivity index (χ1v) is 6.57. The van der Waals surface area contributed by atoms with Gasteiger partial charge >= 0.3 is 0 Å². The van der Waals surface area contributed by atoms with Crippen LogP contribution in [0, 0.1) is 0 Å². The van der Waals surface area contributed by atoms with Crippen LogP contribution in [-0.2, 0) is 0 Å². The number of rotatable bonds is 3. The predicted molar refractivity (Wildman–Crippen MR) is 69.1 cm³/mol. The number of alkyl halides is 1. The second kappa shape index (κ2) is 5.11. The highest BCUT2D eigenvalue weighted by Crippen LogP contribution is 2.20. The summed E-state index contributed by atoms with van der Waals surface area (Å²) in [5.41, 5.74) is 0.813. The number of hydrogen-bond donors (Lipinski definition) is 0. The Hall–Kier alpha value is -0.670. The largest absolute Gasteiger partial charge is 0.292 e. The molecule has 0 bridgehead atoms. The number of halogens is 1.